The van der Waals surface area contributed by atoms with Crippen molar-refractivity contribution in [1.82, 2.24) is 25.3 Å². The van der Waals surface area contributed by atoms with Crippen molar-refractivity contribution in [2.24, 2.45) is 10.7 Å². The first-order valence-corrected chi connectivity index (χ1v) is 10.8. The Morgan fingerprint density at radius 2 is 1.97 bits per heavy atom. The third-order valence-corrected chi connectivity index (χ3v) is 6.53. The third-order valence-electron chi connectivity index (χ3n) is 6.53. The molecule has 31 heavy (non-hydrogen) atoms. The molecule has 3 atom stereocenters. The average Bonchev–Trinajstić information content (AvgIpc) is 3.24. The molecule has 3 heterocycles. The first-order valence-electron chi connectivity index (χ1n) is 10.8. The molecule has 0 bridgehead atoms. The number of likely N-dealkylation sites (tertiary alicyclic amines) is 1. The van der Waals surface area contributed by atoms with E-state index in [0.29, 0.717) is 24.6 Å². The Morgan fingerprint density at radius 1 is 1.23 bits per heavy atom. The van der Waals surface area contributed by atoms with Gasteiger partial charge in [0.05, 0.1) is 17.8 Å². The Bertz CT molecular complexity index is 843. The zero-order valence-corrected chi connectivity index (χ0v) is 17.5. The van der Waals surface area contributed by atoms with Crippen LogP contribution in [0.1, 0.15) is 50.1 Å². The van der Waals surface area contributed by atoms with Crippen molar-refractivity contribution in [2.75, 3.05) is 20.1 Å². The first kappa shape index (κ1) is 22.1. The van der Waals surface area contributed by atoms with Crippen LogP contribution >= 0.6 is 0 Å². The summed E-state index contributed by atoms with van der Waals surface area (Å²) in [5.74, 6) is -1.99. The van der Waals surface area contributed by atoms with Gasteiger partial charge in [0.25, 0.3) is 0 Å². The quantitative estimate of drug-likeness (QED) is 0.626. The number of aliphatic imine (C=N–C) groups is 1. The Kier molecular flexibility index (Phi) is 5.99. The van der Waals surface area contributed by atoms with Crippen LogP contribution < -0.4 is 16.4 Å². The van der Waals surface area contributed by atoms with Crippen molar-refractivity contribution >= 4 is 5.84 Å². The van der Waals surface area contributed by atoms with Crippen LogP contribution in [0.25, 0.3) is 0 Å². The molecule has 1 aromatic rings. The highest BCUT2D eigenvalue weighted by atomic mass is 19.4. The Balaban J connectivity index is 1.47. The molecule has 4 N–H and O–H groups in total. The van der Waals surface area contributed by atoms with Gasteiger partial charge in [-0.25, -0.2) is 9.38 Å². The predicted molar refractivity (Wildman–Crippen MR) is 109 cm³/mol. The highest BCUT2D eigenvalue weighted by molar-refractivity contribution is 6.00. The second-order valence-electron chi connectivity index (χ2n) is 8.54. The number of alkyl halides is 4. The van der Waals surface area contributed by atoms with Gasteiger partial charge in [-0.15, -0.1) is 0 Å². The summed E-state index contributed by atoms with van der Waals surface area (Å²) in [5.41, 5.74) is 5.66. The van der Waals surface area contributed by atoms with E-state index in [-0.39, 0.29) is 5.84 Å². The van der Waals surface area contributed by atoms with Gasteiger partial charge in [-0.05, 0) is 19.3 Å². The van der Waals surface area contributed by atoms with Crippen molar-refractivity contribution in [1.29, 1.82) is 0 Å². The SMILES string of the molecule is CNC1=NC(N)(c2cnn([C@@H]3CCN(C4CCCCC4)C[C@H]3F)c2)NC=C1C(F)(F)F. The third kappa shape index (κ3) is 4.43. The van der Waals surface area contributed by atoms with Gasteiger partial charge >= 0.3 is 6.18 Å². The van der Waals surface area contributed by atoms with Crippen LogP contribution in [-0.4, -0.2) is 59.0 Å². The molecule has 4 rings (SSSR count). The summed E-state index contributed by atoms with van der Waals surface area (Å²) in [6.07, 6.45) is 4.69. The van der Waals surface area contributed by atoms with E-state index in [2.05, 4.69) is 25.6 Å². The number of nitrogens with one attached hydrogen (secondary N) is 2. The highest BCUT2D eigenvalue weighted by Gasteiger charge is 2.43. The van der Waals surface area contributed by atoms with Crippen LogP contribution in [0.5, 0.6) is 0 Å². The molecular weight excluding hydrogens is 414 g/mol. The van der Waals surface area contributed by atoms with E-state index in [1.165, 1.54) is 37.2 Å². The summed E-state index contributed by atoms with van der Waals surface area (Å²) in [5, 5.41) is 9.24. The standard InChI is InChI=1S/C20H29F4N7/c1-26-18-15(19(22,23)24)10-27-20(25,29-18)13-9-28-31(11-13)17-7-8-30(12-16(17)21)14-5-3-2-4-6-14/h9-11,14,16-17,27H,2-8,12,25H2,1H3,(H,26,29)/t16-,17-,20?/m1/s1. The molecule has 0 aromatic carbocycles. The van der Waals surface area contributed by atoms with Gasteiger partial charge in [0.2, 0.25) is 5.79 Å². The van der Waals surface area contributed by atoms with Crippen molar-refractivity contribution in [2.45, 2.75) is 68.7 Å². The minimum absolute atomic E-state index is 0.361. The summed E-state index contributed by atoms with van der Waals surface area (Å²) >= 11 is 0. The Morgan fingerprint density at radius 3 is 2.61 bits per heavy atom. The minimum Gasteiger partial charge on any atom is -0.373 e. The second-order valence-corrected chi connectivity index (χ2v) is 8.54. The summed E-state index contributed by atoms with van der Waals surface area (Å²) in [6.45, 7) is 1.17. The number of amidine groups is 1. The maximum Gasteiger partial charge on any atom is 0.421 e. The molecule has 0 radical (unpaired) electrons. The lowest BCUT2D eigenvalue weighted by Crippen LogP contribution is -2.52. The normalized spacial score (nSPS) is 31.0. The van der Waals surface area contributed by atoms with Gasteiger partial charge in [-0.1, -0.05) is 19.3 Å². The molecule has 2 aliphatic heterocycles. The number of hydrogen-bond acceptors (Lipinski definition) is 6. The van der Waals surface area contributed by atoms with Crippen LogP contribution in [0.3, 0.4) is 0 Å². The molecule has 1 saturated heterocycles. The number of hydrogen-bond donors (Lipinski definition) is 3. The summed E-state index contributed by atoms with van der Waals surface area (Å²) in [4.78, 5) is 6.28. The Hall–Kier alpha value is -2.14. The fourth-order valence-electron chi connectivity index (χ4n) is 4.78. The zero-order valence-electron chi connectivity index (χ0n) is 17.5. The summed E-state index contributed by atoms with van der Waals surface area (Å²) < 4.78 is 56.1. The molecule has 1 aromatic heterocycles. The molecule has 2 fully saturated rings. The van der Waals surface area contributed by atoms with E-state index < -0.39 is 29.7 Å². The molecular formula is C20H29F4N7. The molecule has 1 aliphatic carbocycles. The van der Waals surface area contributed by atoms with Crippen LogP contribution in [0, 0.1) is 0 Å². The van der Waals surface area contributed by atoms with E-state index in [1.54, 1.807) is 6.20 Å². The molecule has 7 nitrogen and oxygen atoms in total. The number of rotatable bonds is 3. The van der Waals surface area contributed by atoms with E-state index in [1.807, 2.05) is 0 Å². The molecule has 3 aliphatic rings. The lowest BCUT2D eigenvalue weighted by Gasteiger charge is -2.40. The average molecular weight is 443 g/mol. The molecule has 0 amide bonds. The topological polar surface area (TPSA) is 83.5 Å². The second kappa shape index (κ2) is 8.42. The van der Waals surface area contributed by atoms with Crippen LogP contribution in [0.4, 0.5) is 17.6 Å². The predicted octanol–water partition coefficient (Wildman–Crippen LogP) is 2.54. The maximum atomic E-state index is 15.1. The summed E-state index contributed by atoms with van der Waals surface area (Å²) in [7, 11) is 1.35. The van der Waals surface area contributed by atoms with Crippen molar-refractivity contribution in [3.05, 3.63) is 29.7 Å². The van der Waals surface area contributed by atoms with Gasteiger partial charge in [0, 0.05) is 38.6 Å². The lowest BCUT2D eigenvalue weighted by atomic mass is 9.91. The zero-order chi connectivity index (χ0) is 22.2. The molecule has 1 unspecified atom stereocenters. The van der Waals surface area contributed by atoms with E-state index in [4.69, 9.17) is 5.73 Å². The lowest BCUT2D eigenvalue weighted by molar-refractivity contribution is -0.0872. The summed E-state index contributed by atoms with van der Waals surface area (Å²) in [6, 6.07) is 0.0265. The molecule has 0 spiro atoms. The van der Waals surface area contributed by atoms with Gasteiger partial charge in [-0.3, -0.25) is 15.3 Å². The van der Waals surface area contributed by atoms with Crippen LogP contribution in [0.2, 0.25) is 0 Å². The van der Waals surface area contributed by atoms with Gasteiger partial charge in [-0.2, -0.15) is 18.3 Å². The number of nitrogens with two attached hydrogens (primary N) is 1. The van der Waals surface area contributed by atoms with Crippen molar-refractivity contribution < 1.29 is 17.6 Å². The highest BCUT2D eigenvalue weighted by Crippen LogP contribution is 2.33. The van der Waals surface area contributed by atoms with E-state index >= 15 is 4.39 Å². The number of piperidine rings is 1. The van der Waals surface area contributed by atoms with Gasteiger partial charge in [0.15, 0.2) is 0 Å². The number of halogens is 4. The van der Waals surface area contributed by atoms with Gasteiger partial charge in [0.1, 0.15) is 17.6 Å². The van der Waals surface area contributed by atoms with E-state index in [9.17, 15) is 13.2 Å². The fraction of sp³-hybridized carbons (Fsp3) is 0.700. The van der Waals surface area contributed by atoms with E-state index in [0.717, 1.165) is 25.6 Å². The first-order chi connectivity index (χ1) is 14.7. The Labute approximate surface area is 178 Å². The molecule has 1 saturated carbocycles. The van der Waals surface area contributed by atoms with Gasteiger partial charge < -0.3 is 10.6 Å². The minimum atomic E-state index is -4.58. The van der Waals surface area contributed by atoms with Crippen LogP contribution in [-0.2, 0) is 5.79 Å². The molecule has 172 valence electrons. The smallest absolute Gasteiger partial charge is 0.373 e. The maximum absolute atomic E-state index is 15.1. The van der Waals surface area contributed by atoms with Crippen molar-refractivity contribution in [3.63, 3.8) is 0 Å². The largest absolute Gasteiger partial charge is 0.421 e. The number of nitrogens with zero attached hydrogens (tertiary/aromatic N) is 4. The number of likely N-dealkylation sites (N-methyl/N-ethyl adjacent to an activating group) is 1. The number of aromatic nitrogens is 2. The fourth-order valence-corrected chi connectivity index (χ4v) is 4.78. The van der Waals surface area contributed by atoms with Crippen molar-refractivity contribution in [3.8, 4) is 0 Å². The monoisotopic (exact) mass is 443 g/mol. The van der Waals surface area contributed by atoms with Crippen LogP contribution in [0.15, 0.2) is 29.2 Å². The molecule has 11 heteroatoms.